The number of allylic oxidation sites excluding steroid dienone is 1. The molecule has 8 rings (SSSR count). The number of fused-ring (bicyclic) bond motifs is 5. The molecule has 2 saturated heterocycles. The van der Waals surface area contributed by atoms with Crippen LogP contribution in [0.3, 0.4) is 0 Å². The van der Waals surface area contributed by atoms with Gasteiger partial charge in [0.1, 0.15) is 17.6 Å². The van der Waals surface area contributed by atoms with E-state index in [4.69, 9.17) is 23.9 Å². The van der Waals surface area contributed by atoms with Crippen molar-refractivity contribution in [2.45, 2.75) is 127 Å². The van der Waals surface area contributed by atoms with Gasteiger partial charge >= 0.3 is 0 Å². The van der Waals surface area contributed by atoms with E-state index >= 15 is 4.79 Å². The van der Waals surface area contributed by atoms with Crippen molar-refractivity contribution in [3.63, 3.8) is 0 Å². The largest absolute Gasteiger partial charge is 0.496 e. The number of carbonyl (C=O) groups excluding carboxylic acids is 4. The van der Waals surface area contributed by atoms with Gasteiger partial charge in [0.25, 0.3) is 0 Å². The summed E-state index contributed by atoms with van der Waals surface area (Å²) < 4.78 is 53.0. The van der Waals surface area contributed by atoms with Crippen molar-refractivity contribution < 1.29 is 46.5 Å². The first-order chi connectivity index (χ1) is 28.9. The maximum absolute atomic E-state index is 15.2. The first-order valence-corrected chi connectivity index (χ1v) is 23.7. The number of ketones is 1. The Morgan fingerprint density at radius 3 is 2.55 bits per heavy atom. The normalized spacial score (nSPS) is 29.3. The molecule has 1 aromatic carbocycles. The van der Waals surface area contributed by atoms with Crippen molar-refractivity contribution in [3.05, 3.63) is 36.4 Å². The van der Waals surface area contributed by atoms with Gasteiger partial charge in [-0.05, 0) is 88.2 Å². The molecule has 5 fully saturated rings. The number of nitrogens with zero attached hydrogens (tertiary/aromatic N) is 3. The van der Waals surface area contributed by atoms with E-state index in [1.165, 1.54) is 0 Å². The summed E-state index contributed by atoms with van der Waals surface area (Å²) in [5.41, 5.74) is 0.269. The van der Waals surface area contributed by atoms with Gasteiger partial charge < -0.3 is 28.7 Å². The number of aryl methyl sites for hydroxylation is 1. The van der Waals surface area contributed by atoms with Crippen molar-refractivity contribution in [3.8, 4) is 17.4 Å². The summed E-state index contributed by atoms with van der Waals surface area (Å²) in [6.45, 7) is 7.79. The van der Waals surface area contributed by atoms with Gasteiger partial charge in [0.2, 0.25) is 33.6 Å². The Balaban J connectivity index is 1.17. The summed E-state index contributed by atoms with van der Waals surface area (Å²) in [6.07, 6.45) is 9.72. The molecule has 0 spiro atoms. The van der Waals surface area contributed by atoms with Crippen LogP contribution in [0.25, 0.3) is 10.9 Å². The number of amides is 3. The van der Waals surface area contributed by atoms with E-state index in [0.717, 1.165) is 62.3 Å². The number of Topliss-reactive ketones (excluding diaryl/α,β-unsaturated/α-hetero) is 1. The van der Waals surface area contributed by atoms with Crippen LogP contribution in [0, 0.1) is 23.2 Å². The molecule has 6 aliphatic rings. The molecular weight excluding hydrogens is 789 g/mol. The molecule has 3 saturated carbocycles. The third-order valence-corrected chi connectivity index (χ3v) is 15.6. The van der Waals surface area contributed by atoms with Gasteiger partial charge in [0, 0.05) is 62.4 Å². The Hall–Kier alpha value is -4.24. The highest BCUT2D eigenvalue weighted by atomic mass is 32.2. The predicted molar refractivity (Wildman–Crippen MR) is 223 cm³/mol. The molecule has 6 bridgehead atoms. The molecule has 0 unspecified atom stereocenters. The van der Waals surface area contributed by atoms with Gasteiger partial charge in [-0.2, -0.15) is 0 Å². The quantitative estimate of drug-likeness (QED) is 0.292. The molecule has 6 atom stereocenters. The summed E-state index contributed by atoms with van der Waals surface area (Å²) in [5, 5.41) is 0.125. The van der Waals surface area contributed by atoms with Gasteiger partial charge in [-0.1, -0.05) is 25.3 Å². The Bertz CT molecular complexity index is 2100. The Labute approximate surface area is 353 Å². The number of hydrogen-bond donors (Lipinski definition) is 1. The van der Waals surface area contributed by atoms with Crippen molar-refractivity contribution in [1.29, 1.82) is 0 Å². The second kappa shape index (κ2) is 17.6. The first kappa shape index (κ1) is 42.5. The molecule has 3 aliphatic carbocycles. The van der Waals surface area contributed by atoms with Crippen molar-refractivity contribution in [2.24, 2.45) is 23.2 Å². The Kier molecular flexibility index (Phi) is 12.5. The van der Waals surface area contributed by atoms with E-state index in [0.29, 0.717) is 68.5 Å². The van der Waals surface area contributed by atoms with E-state index in [9.17, 15) is 22.8 Å². The van der Waals surface area contributed by atoms with E-state index in [1.54, 1.807) is 24.2 Å². The van der Waals surface area contributed by atoms with E-state index in [2.05, 4.69) is 11.3 Å². The molecular formula is C45H60N4O10S. The van der Waals surface area contributed by atoms with Crippen LogP contribution < -0.4 is 18.9 Å². The number of aromatic nitrogens is 1. The number of ether oxygens (including phenoxy) is 4. The molecule has 14 nitrogen and oxygen atoms in total. The number of carbonyl (C=O) groups is 4. The number of hydrogen-bond acceptors (Lipinski definition) is 11. The number of nitrogens with one attached hydrogen (secondary N) is 1. The minimum atomic E-state index is -3.86. The zero-order valence-corrected chi connectivity index (χ0v) is 35.8. The van der Waals surface area contributed by atoms with Gasteiger partial charge in [-0.3, -0.25) is 23.9 Å². The van der Waals surface area contributed by atoms with Gasteiger partial charge in [0.05, 0.1) is 48.6 Å². The number of piperidine rings is 1. The summed E-state index contributed by atoms with van der Waals surface area (Å²) in [5.74, 6) is -0.913. The van der Waals surface area contributed by atoms with Crippen molar-refractivity contribution in [2.75, 3.05) is 40.0 Å². The summed E-state index contributed by atoms with van der Waals surface area (Å²) in [6, 6.07) is 4.67. The maximum Gasteiger partial charge on any atom is 0.240 e. The average molecular weight is 849 g/mol. The average Bonchev–Trinajstić information content (AvgIpc) is 4.18. The van der Waals surface area contributed by atoms with Crippen molar-refractivity contribution in [1.82, 2.24) is 19.5 Å². The number of methoxy groups -OCH3 is 1. The van der Waals surface area contributed by atoms with Crippen LogP contribution in [0.5, 0.6) is 17.4 Å². The Morgan fingerprint density at radius 1 is 1.03 bits per heavy atom. The number of rotatable bonds is 11. The van der Waals surface area contributed by atoms with Crippen LogP contribution in [0.1, 0.15) is 102 Å². The topological polar surface area (TPSA) is 171 Å². The highest BCUT2D eigenvalue weighted by Gasteiger charge is 2.61. The number of pyridine rings is 1. The molecule has 3 aliphatic heterocycles. The lowest BCUT2D eigenvalue weighted by molar-refractivity contribution is -0.148. The van der Waals surface area contributed by atoms with Crippen LogP contribution in [-0.2, 0) is 40.4 Å². The van der Waals surface area contributed by atoms with Gasteiger partial charge in [-0.25, -0.2) is 13.4 Å². The van der Waals surface area contributed by atoms with Gasteiger partial charge in [-0.15, -0.1) is 6.58 Å². The summed E-state index contributed by atoms with van der Waals surface area (Å²) in [7, 11) is -2.24. The number of benzene rings is 1. The third kappa shape index (κ3) is 8.89. The second-order valence-electron chi connectivity index (χ2n) is 17.9. The van der Waals surface area contributed by atoms with E-state index in [1.807, 2.05) is 24.0 Å². The van der Waals surface area contributed by atoms with E-state index < -0.39 is 50.6 Å². The third-order valence-electron chi connectivity index (χ3n) is 13.8. The van der Waals surface area contributed by atoms with Crippen LogP contribution in [0.4, 0.5) is 0 Å². The molecule has 15 heteroatoms. The standard InChI is InChI=1S/C45H60N4O10S/c1-4-30-24-45(30,44(53)47-60(54,55)33-15-16-33)25-38(50)37-20-32-27-49(37)43(52)34(28-11-7-6-8-12-28)21-42(51)48-17-9-14-31(26-48)58-18-10-13-29-19-35-36(22-39(29)56-3)46-41(57-5-2)23-40(35)59-32/h4,19,22-23,28,30-34,37H,1,5-18,20-21,24-27H2,2-3H3,(H,47,53)/t30-,31-,32-,34+,37+,45-/m1/s1. The van der Waals surface area contributed by atoms with Gasteiger partial charge in [0.15, 0.2) is 5.78 Å². The maximum atomic E-state index is 15.2. The monoisotopic (exact) mass is 848 g/mol. The zero-order chi connectivity index (χ0) is 42.2. The summed E-state index contributed by atoms with van der Waals surface area (Å²) >= 11 is 0. The van der Waals surface area contributed by atoms with Crippen LogP contribution >= 0.6 is 0 Å². The van der Waals surface area contributed by atoms with Crippen LogP contribution in [0.15, 0.2) is 30.9 Å². The van der Waals surface area contributed by atoms with Crippen molar-refractivity contribution >= 4 is 44.4 Å². The second-order valence-corrected chi connectivity index (χ2v) is 19.8. The lowest BCUT2D eigenvalue weighted by Crippen LogP contribution is -2.49. The van der Waals surface area contributed by atoms with Crippen LogP contribution in [-0.4, -0.2) is 110 Å². The lowest BCUT2D eigenvalue weighted by Gasteiger charge is -2.37. The Morgan fingerprint density at radius 2 is 1.83 bits per heavy atom. The highest BCUT2D eigenvalue weighted by molar-refractivity contribution is 7.90. The molecule has 326 valence electrons. The zero-order valence-electron chi connectivity index (χ0n) is 35.0. The fraction of sp³-hybridized carbons (Fsp3) is 0.667. The molecule has 4 heterocycles. The van der Waals surface area contributed by atoms with E-state index in [-0.39, 0.29) is 61.8 Å². The smallest absolute Gasteiger partial charge is 0.240 e. The molecule has 60 heavy (non-hydrogen) atoms. The fourth-order valence-corrected chi connectivity index (χ4v) is 11.6. The lowest BCUT2D eigenvalue weighted by atomic mass is 9.77. The fourth-order valence-electron chi connectivity index (χ4n) is 10.2. The molecule has 1 N–H and O–H groups in total. The first-order valence-electron chi connectivity index (χ1n) is 22.1. The number of sulfonamides is 1. The van der Waals surface area contributed by atoms with Crippen LogP contribution in [0.2, 0.25) is 0 Å². The molecule has 1 aromatic heterocycles. The predicted octanol–water partition coefficient (Wildman–Crippen LogP) is 5.29. The minimum Gasteiger partial charge on any atom is -0.496 e. The molecule has 3 amide bonds. The molecule has 0 radical (unpaired) electrons. The summed E-state index contributed by atoms with van der Waals surface area (Å²) in [4.78, 5) is 66.2. The SMILES string of the molecule is C=C[C@@H]1C[C@]1(CC(=O)[C@@H]1C[C@@H]2CN1C(=O)[C@H](C1CCCCC1)CC(=O)N1CCC[C@H](C1)OCCCc1cc3c(cc(OCC)nc3cc1OC)O2)C(=O)NS(=O)(=O)C1CC1. The highest BCUT2D eigenvalue weighted by Crippen LogP contribution is 2.57. The molecule has 2 aromatic rings. The minimum absolute atomic E-state index is 0.0264.